The second-order valence-electron chi connectivity index (χ2n) is 4.70. The van der Waals surface area contributed by atoms with Gasteiger partial charge in [0.1, 0.15) is 5.69 Å². The van der Waals surface area contributed by atoms with Crippen molar-refractivity contribution in [1.82, 2.24) is 4.57 Å². The van der Waals surface area contributed by atoms with Crippen LogP contribution in [0.2, 0.25) is 10.0 Å². The molecule has 0 aliphatic carbocycles. The van der Waals surface area contributed by atoms with Crippen molar-refractivity contribution in [2.24, 2.45) is 0 Å². The van der Waals surface area contributed by atoms with Gasteiger partial charge in [-0.2, -0.15) is 5.26 Å². The molecule has 0 spiro atoms. The largest absolute Gasteiger partial charge is 0.340 e. The van der Waals surface area contributed by atoms with Gasteiger partial charge in [-0.05, 0) is 32.0 Å². The first-order valence-corrected chi connectivity index (χ1v) is 7.34. The molecular weight excluding hydrogens is 307 g/mol. The zero-order valence-corrected chi connectivity index (χ0v) is 13.2. The number of rotatable bonds is 4. The van der Waals surface area contributed by atoms with Gasteiger partial charge in [0.25, 0.3) is 0 Å². The van der Waals surface area contributed by atoms with Crippen molar-refractivity contribution >= 4 is 29.0 Å². The summed E-state index contributed by atoms with van der Waals surface area (Å²) >= 11 is 12.2. The Morgan fingerprint density at radius 3 is 2.67 bits per heavy atom. The molecular formula is C16H14Cl2N2O. The van der Waals surface area contributed by atoms with Crippen LogP contribution in [0.1, 0.15) is 41.5 Å². The van der Waals surface area contributed by atoms with Gasteiger partial charge in [0.2, 0.25) is 5.78 Å². The number of halogens is 2. The molecule has 2 rings (SSSR count). The second kappa shape index (κ2) is 6.34. The first kappa shape index (κ1) is 15.6. The van der Waals surface area contributed by atoms with Crippen molar-refractivity contribution in [3.05, 3.63) is 57.3 Å². The van der Waals surface area contributed by atoms with Gasteiger partial charge in [-0.25, -0.2) is 0 Å². The minimum atomic E-state index is -0.330. The lowest BCUT2D eigenvalue weighted by Crippen LogP contribution is -2.13. The van der Waals surface area contributed by atoms with Crippen LogP contribution in [0.4, 0.5) is 0 Å². The summed E-state index contributed by atoms with van der Waals surface area (Å²) in [5, 5.41) is 9.95. The van der Waals surface area contributed by atoms with E-state index < -0.39 is 0 Å². The van der Waals surface area contributed by atoms with Gasteiger partial charge in [-0.3, -0.25) is 4.79 Å². The summed E-state index contributed by atoms with van der Waals surface area (Å²) in [4.78, 5) is 12.7. The lowest BCUT2D eigenvalue weighted by atomic mass is 10.1. The van der Waals surface area contributed by atoms with Gasteiger partial charge in [0, 0.05) is 22.8 Å². The third-order valence-corrected chi connectivity index (χ3v) is 3.86. The van der Waals surface area contributed by atoms with Crippen molar-refractivity contribution in [2.45, 2.75) is 26.3 Å². The molecule has 0 radical (unpaired) electrons. The van der Waals surface area contributed by atoms with Gasteiger partial charge in [-0.1, -0.05) is 35.3 Å². The van der Waals surface area contributed by atoms with Crippen LogP contribution in [-0.4, -0.2) is 10.4 Å². The highest BCUT2D eigenvalue weighted by Gasteiger charge is 2.23. The molecule has 3 nitrogen and oxygen atoms in total. The van der Waals surface area contributed by atoms with E-state index in [1.165, 1.54) is 0 Å². The molecule has 21 heavy (non-hydrogen) atoms. The number of aromatic nitrogens is 1. The quantitative estimate of drug-likeness (QED) is 0.768. The molecule has 1 aromatic heterocycles. The Labute approximate surface area is 133 Å². The monoisotopic (exact) mass is 320 g/mol. The van der Waals surface area contributed by atoms with Gasteiger partial charge in [-0.15, -0.1) is 0 Å². The minimum Gasteiger partial charge on any atom is -0.340 e. The summed E-state index contributed by atoms with van der Waals surface area (Å²) in [6.07, 6.45) is 0. The Hall–Kier alpha value is -1.76. The van der Waals surface area contributed by atoms with Gasteiger partial charge in [0.15, 0.2) is 0 Å². The van der Waals surface area contributed by atoms with Gasteiger partial charge in [0.05, 0.1) is 17.0 Å². The highest BCUT2D eigenvalue weighted by Crippen LogP contribution is 2.29. The van der Waals surface area contributed by atoms with E-state index in [4.69, 9.17) is 28.5 Å². The fraction of sp³-hybridized carbons (Fsp3) is 0.250. The van der Waals surface area contributed by atoms with Gasteiger partial charge < -0.3 is 4.57 Å². The van der Waals surface area contributed by atoms with Crippen LogP contribution in [-0.2, 0) is 6.54 Å². The van der Waals surface area contributed by atoms with E-state index in [-0.39, 0.29) is 11.7 Å². The molecule has 108 valence electrons. The molecule has 1 atom stereocenters. The minimum absolute atomic E-state index is 0.194. The zero-order chi connectivity index (χ0) is 15.6. The first-order valence-electron chi connectivity index (χ1n) is 6.58. The number of benzene rings is 1. The SMILES string of the molecule is CCn1c(C(C)C#N)cc(Cl)c1C(=O)c1cccc(Cl)c1. The normalized spacial score (nSPS) is 12.0. The smallest absolute Gasteiger partial charge is 0.210 e. The summed E-state index contributed by atoms with van der Waals surface area (Å²) in [6, 6.07) is 10.6. The zero-order valence-electron chi connectivity index (χ0n) is 11.7. The summed E-state index contributed by atoms with van der Waals surface area (Å²) in [5.41, 5.74) is 1.63. The van der Waals surface area contributed by atoms with Crippen molar-refractivity contribution in [3.63, 3.8) is 0 Å². The van der Waals surface area contributed by atoms with E-state index in [0.29, 0.717) is 27.8 Å². The van der Waals surface area contributed by atoms with E-state index in [2.05, 4.69) is 6.07 Å². The number of ketones is 1. The van der Waals surface area contributed by atoms with Crippen LogP contribution in [0.5, 0.6) is 0 Å². The molecule has 0 amide bonds. The summed E-state index contributed by atoms with van der Waals surface area (Å²) in [7, 11) is 0. The summed E-state index contributed by atoms with van der Waals surface area (Å²) in [5.74, 6) is -0.524. The summed E-state index contributed by atoms with van der Waals surface area (Å²) in [6.45, 7) is 4.26. The molecule has 0 saturated carbocycles. The van der Waals surface area contributed by atoms with Crippen LogP contribution in [0.25, 0.3) is 0 Å². The lowest BCUT2D eigenvalue weighted by molar-refractivity contribution is 0.103. The van der Waals surface area contributed by atoms with Crippen LogP contribution in [0.3, 0.4) is 0 Å². The topological polar surface area (TPSA) is 45.8 Å². The summed E-state index contributed by atoms with van der Waals surface area (Å²) < 4.78 is 1.79. The second-order valence-corrected chi connectivity index (χ2v) is 5.54. The Kier molecular flexibility index (Phi) is 4.72. The third-order valence-electron chi connectivity index (χ3n) is 3.34. The number of nitriles is 1. The molecule has 0 fully saturated rings. The van der Waals surface area contributed by atoms with Crippen molar-refractivity contribution < 1.29 is 4.79 Å². The first-order chi connectivity index (χ1) is 9.99. The highest BCUT2D eigenvalue weighted by atomic mass is 35.5. The average molecular weight is 321 g/mol. The molecule has 0 saturated heterocycles. The van der Waals surface area contributed by atoms with Crippen molar-refractivity contribution in [1.29, 1.82) is 5.26 Å². The Bertz CT molecular complexity index is 728. The van der Waals surface area contributed by atoms with E-state index >= 15 is 0 Å². The number of carbonyl (C=O) groups excluding carboxylic acids is 1. The lowest BCUT2D eigenvalue weighted by Gasteiger charge is -2.12. The molecule has 0 N–H and O–H groups in total. The molecule has 0 aliphatic rings. The van der Waals surface area contributed by atoms with Crippen LogP contribution in [0, 0.1) is 11.3 Å². The van der Waals surface area contributed by atoms with E-state index in [1.807, 2.05) is 6.92 Å². The van der Waals surface area contributed by atoms with Crippen LogP contribution < -0.4 is 0 Å². The number of nitrogens with zero attached hydrogens (tertiary/aromatic N) is 2. The maximum absolute atomic E-state index is 12.7. The van der Waals surface area contributed by atoms with Crippen molar-refractivity contribution in [3.8, 4) is 6.07 Å². The highest BCUT2D eigenvalue weighted by molar-refractivity contribution is 6.35. The molecule has 5 heteroatoms. The maximum Gasteiger partial charge on any atom is 0.210 e. The van der Waals surface area contributed by atoms with Gasteiger partial charge >= 0.3 is 0 Å². The fourth-order valence-electron chi connectivity index (χ4n) is 2.30. The van der Waals surface area contributed by atoms with E-state index in [1.54, 1.807) is 41.8 Å². The Morgan fingerprint density at radius 2 is 2.10 bits per heavy atom. The van der Waals surface area contributed by atoms with Crippen LogP contribution >= 0.6 is 23.2 Å². The molecule has 1 aromatic carbocycles. The predicted molar refractivity (Wildman–Crippen MR) is 84.0 cm³/mol. The fourth-order valence-corrected chi connectivity index (χ4v) is 2.79. The standard InChI is InChI=1S/C16H14Cl2N2O/c1-3-20-14(10(2)9-19)8-13(18)15(20)16(21)11-5-4-6-12(17)7-11/h4-8,10H,3H2,1-2H3. The Balaban J connectivity index is 2.56. The Morgan fingerprint density at radius 1 is 1.38 bits per heavy atom. The predicted octanol–water partition coefficient (Wildman–Crippen LogP) is 4.67. The number of carbonyl (C=O) groups is 1. The van der Waals surface area contributed by atoms with Crippen molar-refractivity contribution in [2.75, 3.05) is 0 Å². The molecule has 1 unspecified atom stereocenters. The third kappa shape index (κ3) is 2.97. The van der Waals surface area contributed by atoms with Crippen LogP contribution in [0.15, 0.2) is 30.3 Å². The molecule has 2 aromatic rings. The molecule has 0 bridgehead atoms. The molecule has 0 aliphatic heterocycles. The molecule has 1 heterocycles. The average Bonchev–Trinajstić information content (AvgIpc) is 2.82. The number of hydrogen-bond acceptors (Lipinski definition) is 2. The van der Waals surface area contributed by atoms with E-state index in [9.17, 15) is 4.79 Å². The number of hydrogen-bond donors (Lipinski definition) is 0. The maximum atomic E-state index is 12.7. The van der Waals surface area contributed by atoms with E-state index in [0.717, 1.165) is 5.69 Å².